The van der Waals surface area contributed by atoms with Gasteiger partial charge in [0.25, 0.3) is 0 Å². The van der Waals surface area contributed by atoms with E-state index in [1.54, 1.807) is 19.9 Å². The third kappa shape index (κ3) is 4.81. The lowest BCUT2D eigenvalue weighted by Gasteiger charge is -2.07. The van der Waals surface area contributed by atoms with Crippen LogP contribution in [0.1, 0.15) is 26.7 Å². The van der Waals surface area contributed by atoms with Gasteiger partial charge < -0.3 is 4.74 Å². The van der Waals surface area contributed by atoms with Crippen LogP contribution in [0.5, 0.6) is 0 Å². The summed E-state index contributed by atoms with van der Waals surface area (Å²) >= 11 is 0. The second-order valence-corrected chi connectivity index (χ2v) is 3.95. The van der Waals surface area contributed by atoms with Gasteiger partial charge >= 0.3 is 5.97 Å². The van der Waals surface area contributed by atoms with Gasteiger partial charge in [0.2, 0.25) is 0 Å². The number of ketones is 1. The molecule has 0 heterocycles. The van der Waals surface area contributed by atoms with Gasteiger partial charge in [0, 0.05) is 12.0 Å². The summed E-state index contributed by atoms with van der Waals surface area (Å²) in [5, 5.41) is 0. The standard InChI is InChI=1S/C14H18O3/c1-3-14(16)17-10-9-12-5-4-6-13(8-7-12)11(2)15/h4-8,12H,3,9-10H2,1-2H3. The van der Waals surface area contributed by atoms with Crippen molar-refractivity contribution in [2.24, 2.45) is 5.92 Å². The lowest BCUT2D eigenvalue weighted by atomic mass is 10.1. The summed E-state index contributed by atoms with van der Waals surface area (Å²) in [6.45, 7) is 3.74. The molecule has 0 aromatic heterocycles. The van der Waals surface area contributed by atoms with Crippen molar-refractivity contribution in [1.82, 2.24) is 0 Å². The quantitative estimate of drug-likeness (QED) is 0.687. The van der Waals surface area contributed by atoms with Crippen molar-refractivity contribution < 1.29 is 14.3 Å². The van der Waals surface area contributed by atoms with E-state index in [2.05, 4.69) is 0 Å². The summed E-state index contributed by atoms with van der Waals surface area (Å²) in [4.78, 5) is 22.1. The van der Waals surface area contributed by atoms with Crippen LogP contribution in [0.3, 0.4) is 0 Å². The minimum Gasteiger partial charge on any atom is -0.466 e. The molecule has 0 spiro atoms. The Balaban J connectivity index is 2.41. The van der Waals surface area contributed by atoms with Crippen LogP contribution >= 0.6 is 0 Å². The molecule has 0 aromatic carbocycles. The molecule has 0 aliphatic heterocycles. The molecule has 0 fully saturated rings. The van der Waals surface area contributed by atoms with E-state index in [9.17, 15) is 9.59 Å². The molecule has 17 heavy (non-hydrogen) atoms. The molecule has 0 saturated heterocycles. The van der Waals surface area contributed by atoms with Crippen molar-refractivity contribution >= 4 is 11.8 Å². The zero-order valence-electron chi connectivity index (χ0n) is 10.3. The fraction of sp³-hybridized carbons (Fsp3) is 0.429. The van der Waals surface area contributed by atoms with E-state index in [-0.39, 0.29) is 17.7 Å². The molecular weight excluding hydrogens is 216 g/mol. The highest BCUT2D eigenvalue weighted by molar-refractivity contribution is 5.96. The van der Waals surface area contributed by atoms with Crippen molar-refractivity contribution in [3.05, 3.63) is 36.0 Å². The van der Waals surface area contributed by atoms with E-state index in [1.807, 2.05) is 24.3 Å². The highest BCUT2D eigenvalue weighted by Gasteiger charge is 2.07. The maximum Gasteiger partial charge on any atom is 0.305 e. The van der Waals surface area contributed by atoms with Gasteiger partial charge in [-0.2, -0.15) is 0 Å². The first-order chi connectivity index (χ1) is 8.13. The van der Waals surface area contributed by atoms with Gasteiger partial charge in [0.15, 0.2) is 5.78 Å². The predicted molar refractivity (Wildman–Crippen MR) is 66.4 cm³/mol. The van der Waals surface area contributed by atoms with Gasteiger partial charge in [-0.25, -0.2) is 0 Å². The average molecular weight is 234 g/mol. The molecule has 1 aliphatic rings. The number of ether oxygens (including phenoxy) is 1. The van der Waals surface area contributed by atoms with Crippen molar-refractivity contribution in [2.45, 2.75) is 26.7 Å². The van der Waals surface area contributed by atoms with E-state index in [4.69, 9.17) is 4.74 Å². The molecule has 3 nitrogen and oxygen atoms in total. The van der Waals surface area contributed by atoms with Crippen LogP contribution in [0.2, 0.25) is 0 Å². The molecule has 1 rings (SSSR count). The van der Waals surface area contributed by atoms with E-state index in [0.29, 0.717) is 18.6 Å². The van der Waals surface area contributed by atoms with Crippen molar-refractivity contribution in [3.63, 3.8) is 0 Å². The summed E-state index contributed by atoms with van der Waals surface area (Å²) in [5.74, 6) is 0.103. The molecule has 1 unspecified atom stereocenters. The summed E-state index contributed by atoms with van der Waals surface area (Å²) in [6, 6.07) is 0. The van der Waals surface area contributed by atoms with E-state index in [1.165, 1.54) is 0 Å². The average Bonchev–Trinajstić information content (AvgIpc) is 2.54. The highest BCUT2D eigenvalue weighted by atomic mass is 16.5. The second-order valence-electron chi connectivity index (χ2n) is 3.95. The number of carbonyl (C=O) groups excluding carboxylic acids is 2. The normalized spacial score (nSPS) is 18.5. The zero-order chi connectivity index (χ0) is 12.7. The van der Waals surface area contributed by atoms with Crippen LogP contribution in [0.25, 0.3) is 0 Å². The first kappa shape index (κ1) is 13.4. The van der Waals surface area contributed by atoms with Crippen molar-refractivity contribution in [1.29, 1.82) is 0 Å². The molecular formula is C14H18O3. The zero-order valence-corrected chi connectivity index (χ0v) is 10.3. The maximum atomic E-state index is 11.2. The number of allylic oxidation sites excluding steroid dienone is 6. The number of hydrogen-bond donors (Lipinski definition) is 0. The van der Waals surface area contributed by atoms with Gasteiger partial charge in [-0.3, -0.25) is 9.59 Å². The van der Waals surface area contributed by atoms with Gasteiger partial charge in [0.05, 0.1) is 6.61 Å². The number of rotatable bonds is 5. The van der Waals surface area contributed by atoms with Crippen molar-refractivity contribution in [3.8, 4) is 0 Å². The molecule has 1 atom stereocenters. The van der Waals surface area contributed by atoms with Gasteiger partial charge in [-0.15, -0.1) is 0 Å². The summed E-state index contributed by atoms with van der Waals surface area (Å²) in [5.41, 5.74) is 0.703. The lowest BCUT2D eigenvalue weighted by Crippen LogP contribution is -2.06. The Morgan fingerprint density at radius 3 is 2.76 bits per heavy atom. The Morgan fingerprint density at radius 1 is 1.35 bits per heavy atom. The molecule has 0 saturated carbocycles. The number of Topliss-reactive ketones (excluding diaryl/α,β-unsaturated/α-hetero) is 1. The molecule has 0 bridgehead atoms. The first-order valence-electron chi connectivity index (χ1n) is 5.86. The summed E-state index contributed by atoms with van der Waals surface area (Å²) in [6.07, 6.45) is 10.6. The summed E-state index contributed by atoms with van der Waals surface area (Å²) in [7, 11) is 0. The van der Waals surface area contributed by atoms with Crippen LogP contribution in [0.4, 0.5) is 0 Å². The van der Waals surface area contributed by atoms with Crippen molar-refractivity contribution in [2.75, 3.05) is 6.61 Å². The third-order valence-electron chi connectivity index (χ3n) is 2.57. The Morgan fingerprint density at radius 2 is 2.12 bits per heavy atom. The smallest absolute Gasteiger partial charge is 0.305 e. The van der Waals surface area contributed by atoms with Gasteiger partial charge in [0.1, 0.15) is 0 Å². The van der Waals surface area contributed by atoms with Crippen LogP contribution in [-0.4, -0.2) is 18.4 Å². The van der Waals surface area contributed by atoms with Gasteiger partial charge in [-0.1, -0.05) is 37.3 Å². The Bertz CT molecular complexity index is 375. The second kappa shape index (κ2) is 6.84. The minimum absolute atomic E-state index is 0.0592. The van der Waals surface area contributed by atoms with E-state index >= 15 is 0 Å². The van der Waals surface area contributed by atoms with Crippen LogP contribution in [0.15, 0.2) is 36.0 Å². The summed E-state index contributed by atoms with van der Waals surface area (Å²) < 4.78 is 5.02. The molecule has 92 valence electrons. The van der Waals surface area contributed by atoms with Gasteiger partial charge in [-0.05, 0) is 19.3 Å². The molecule has 0 aromatic rings. The fourth-order valence-corrected chi connectivity index (χ4v) is 1.49. The fourth-order valence-electron chi connectivity index (χ4n) is 1.49. The molecule has 0 radical (unpaired) electrons. The van der Waals surface area contributed by atoms with Crippen LogP contribution < -0.4 is 0 Å². The SMILES string of the molecule is CCC(=O)OCCC1C=CC=C(C(C)=O)C=C1. The van der Waals surface area contributed by atoms with Crippen LogP contribution in [0, 0.1) is 5.92 Å². The van der Waals surface area contributed by atoms with Crippen LogP contribution in [-0.2, 0) is 14.3 Å². The molecule has 0 amide bonds. The molecule has 0 N–H and O–H groups in total. The topological polar surface area (TPSA) is 43.4 Å². The molecule has 1 aliphatic carbocycles. The lowest BCUT2D eigenvalue weighted by molar-refractivity contribution is -0.143. The Hall–Kier alpha value is -1.64. The third-order valence-corrected chi connectivity index (χ3v) is 2.57. The number of carbonyl (C=O) groups is 2. The Labute approximate surface area is 102 Å². The van der Waals surface area contributed by atoms with E-state index < -0.39 is 0 Å². The Kier molecular flexibility index (Phi) is 5.40. The number of hydrogen-bond acceptors (Lipinski definition) is 3. The first-order valence-corrected chi connectivity index (χ1v) is 5.86. The minimum atomic E-state index is -0.172. The monoisotopic (exact) mass is 234 g/mol. The predicted octanol–water partition coefficient (Wildman–Crippen LogP) is 2.59. The number of esters is 1. The largest absolute Gasteiger partial charge is 0.466 e. The molecule has 3 heteroatoms. The highest BCUT2D eigenvalue weighted by Crippen LogP contribution is 2.14. The van der Waals surface area contributed by atoms with E-state index in [0.717, 1.165) is 6.42 Å². The maximum absolute atomic E-state index is 11.2.